The Bertz CT molecular complexity index is 714. The fraction of sp³-hybridized carbons (Fsp3) is 0.591. The molecule has 1 aromatic carbocycles. The highest BCUT2D eigenvalue weighted by Gasteiger charge is 2.35. The fourth-order valence-corrected chi connectivity index (χ4v) is 3.76. The molecule has 0 bridgehead atoms. The second kappa shape index (κ2) is 9.76. The first-order valence-corrected chi connectivity index (χ1v) is 10.5. The molecular weight excluding hydrogens is 370 g/mol. The summed E-state index contributed by atoms with van der Waals surface area (Å²) in [5.41, 5.74) is 1.07. The molecule has 7 nitrogen and oxygen atoms in total. The minimum absolute atomic E-state index is 0.0247. The smallest absolute Gasteiger partial charge is 0.409 e. The molecule has 0 aliphatic carbocycles. The lowest BCUT2D eigenvalue weighted by Crippen LogP contribution is -2.48. The van der Waals surface area contributed by atoms with Crippen molar-refractivity contribution in [1.29, 1.82) is 0 Å². The van der Waals surface area contributed by atoms with E-state index in [0.29, 0.717) is 51.5 Å². The van der Waals surface area contributed by atoms with Crippen molar-refractivity contribution in [3.8, 4) is 0 Å². The number of ether oxygens (including phenoxy) is 1. The van der Waals surface area contributed by atoms with E-state index in [2.05, 4.69) is 5.32 Å². The van der Waals surface area contributed by atoms with Gasteiger partial charge in [0.25, 0.3) is 0 Å². The Labute approximate surface area is 172 Å². The number of carbonyl (C=O) groups is 3. The highest BCUT2D eigenvalue weighted by Crippen LogP contribution is 2.21. The van der Waals surface area contributed by atoms with Crippen LogP contribution in [0.5, 0.6) is 0 Å². The molecule has 1 unspecified atom stereocenters. The highest BCUT2D eigenvalue weighted by atomic mass is 16.6. The van der Waals surface area contributed by atoms with E-state index in [9.17, 15) is 14.4 Å². The van der Waals surface area contributed by atoms with E-state index < -0.39 is 0 Å². The summed E-state index contributed by atoms with van der Waals surface area (Å²) in [5, 5.41) is 3.08. The quantitative estimate of drug-likeness (QED) is 0.794. The maximum atomic E-state index is 12.7. The molecular formula is C22H31N3O4. The van der Waals surface area contributed by atoms with Crippen molar-refractivity contribution in [3.05, 3.63) is 35.9 Å². The molecule has 0 saturated carbocycles. The van der Waals surface area contributed by atoms with Gasteiger partial charge in [-0.2, -0.15) is 0 Å². The summed E-state index contributed by atoms with van der Waals surface area (Å²) in [6.07, 6.45) is 1.40. The molecule has 3 amide bonds. The summed E-state index contributed by atoms with van der Waals surface area (Å²) in [5.74, 6) is -0.0296. The van der Waals surface area contributed by atoms with Crippen LogP contribution in [0, 0.1) is 11.8 Å². The van der Waals surface area contributed by atoms with Crippen molar-refractivity contribution >= 4 is 17.9 Å². The molecule has 3 rings (SSSR count). The number of amides is 3. The van der Waals surface area contributed by atoms with Crippen LogP contribution in [-0.2, 0) is 20.9 Å². The number of nitrogens with zero attached hydrogens (tertiary/aromatic N) is 2. The number of hydrogen-bond donors (Lipinski definition) is 1. The molecule has 2 aliphatic heterocycles. The Kier molecular flexibility index (Phi) is 7.12. The highest BCUT2D eigenvalue weighted by molar-refractivity contribution is 5.89. The minimum Gasteiger partial charge on any atom is -0.449 e. The molecule has 29 heavy (non-hydrogen) atoms. The lowest BCUT2D eigenvalue weighted by molar-refractivity contribution is -0.129. The molecule has 7 heteroatoms. The Morgan fingerprint density at radius 2 is 1.86 bits per heavy atom. The third-order valence-electron chi connectivity index (χ3n) is 5.44. The van der Waals surface area contributed by atoms with Gasteiger partial charge in [0.05, 0.1) is 12.5 Å². The van der Waals surface area contributed by atoms with E-state index in [1.54, 1.807) is 9.80 Å². The van der Waals surface area contributed by atoms with Gasteiger partial charge in [0.15, 0.2) is 0 Å². The summed E-state index contributed by atoms with van der Waals surface area (Å²) < 4.78 is 5.27. The van der Waals surface area contributed by atoms with Gasteiger partial charge in [0.2, 0.25) is 11.8 Å². The van der Waals surface area contributed by atoms with Crippen molar-refractivity contribution in [2.24, 2.45) is 11.8 Å². The van der Waals surface area contributed by atoms with Crippen molar-refractivity contribution in [2.45, 2.75) is 45.7 Å². The van der Waals surface area contributed by atoms with E-state index >= 15 is 0 Å². The number of nitrogens with one attached hydrogen (secondary N) is 1. The van der Waals surface area contributed by atoms with Crippen molar-refractivity contribution < 1.29 is 19.1 Å². The first-order valence-electron chi connectivity index (χ1n) is 10.5. The molecule has 0 aromatic heterocycles. The van der Waals surface area contributed by atoms with Crippen LogP contribution in [0.3, 0.4) is 0 Å². The first-order chi connectivity index (χ1) is 13.9. The fourth-order valence-electron chi connectivity index (χ4n) is 3.76. The molecule has 1 N–H and O–H groups in total. The van der Waals surface area contributed by atoms with Crippen LogP contribution in [-0.4, -0.2) is 60.0 Å². The van der Waals surface area contributed by atoms with Crippen LogP contribution in [0.1, 0.15) is 38.7 Å². The molecule has 1 atom stereocenters. The van der Waals surface area contributed by atoms with Gasteiger partial charge in [0, 0.05) is 38.6 Å². The second-order valence-corrected chi connectivity index (χ2v) is 8.40. The molecule has 0 radical (unpaired) electrons. The number of rotatable bonds is 6. The Balaban J connectivity index is 1.42. The van der Waals surface area contributed by atoms with Crippen molar-refractivity contribution in [3.63, 3.8) is 0 Å². The molecule has 2 saturated heterocycles. The summed E-state index contributed by atoms with van der Waals surface area (Å²) in [6, 6.07) is 9.85. The number of hydrogen-bond acceptors (Lipinski definition) is 4. The summed E-state index contributed by atoms with van der Waals surface area (Å²) in [7, 11) is 0. The van der Waals surface area contributed by atoms with E-state index in [-0.39, 0.29) is 36.3 Å². The van der Waals surface area contributed by atoms with Gasteiger partial charge in [-0.1, -0.05) is 44.2 Å². The number of piperidine rings is 1. The Hall–Kier alpha value is -2.57. The van der Waals surface area contributed by atoms with Crippen LogP contribution in [0.4, 0.5) is 4.79 Å². The molecule has 1 aromatic rings. The topological polar surface area (TPSA) is 79.0 Å². The predicted octanol–water partition coefficient (Wildman–Crippen LogP) is 2.41. The van der Waals surface area contributed by atoms with E-state index in [0.717, 1.165) is 5.56 Å². The number of likely N-dealkylation sites (tertiary alicyclic amines) is 2. The molecule has 2 aliphatic rings. The predicted molar refractivity (Wildman–Crippen MR) is 109 cm³/mol. The maximum absolute atomic E-state index is 12.7. The normalized spacial score (nSPS) is 20.2. The third-order valence-corrected chi connectivity index (χ3v) is 5.44. The first kappa shape index (κ1) is 21.1. The average molecular weight is 402 g/mol. The standard InChI is InChI=1S/C22H31N3O4/c1-16(2)15-29-22(28)24-10-8-19(9-11-24)23-21(27)18-12-20(26)25(14-18)13-17-6-4-3-5-7-17/h3-7,16,18-19H,8-15H2,1-2H3,(H,23,27). The van der Waals surface area contributed by atoms with Crippen LogP contribution in [0.25, 0.3) is 0 Å². The zero-order valence-corrected chi connectivity index (χ0v) is 17.3. The largest absolute Gasteiger partial charge is 0.449 e. The van der Waals surface area contributed by atoms with Crippen LogP contribution < -0.4 is 5.32 Å². The maximum Gasteiger partial charge on any atom is 0.409 e. The van der Waals surface area contributed by atoms with Gasteiger partial charge in [-0.25, -0.2) is 4.79 Å². The lowest BCUT2D eigenvalue weighted by Gasteiger charge is -2.32. The average Bonchev–Trinajstić information content (AvgIpc) is 3.08. The van der Waals surface area contributed by atoms with Crippen LogP contribution in [0.2, 0.25) is 0 Å². The third kappa shape index (κ3) is 5.95. The number of carbonyl (C=O) groups excluding carboxylic acids is 3. The zero-order chi connectivity index (χ0) is 20.8. The molecule has 158 valence electrons. The number of benzene rings is 1. The Morgan fingerprint density at radius 3 is 2.52 bits per heavy atom. The van der Waals surface area contributed by atoms with E-state index in [4.69, 9.17) is 4.74 Å². The monoisotopic (exact) mass is 401 g/mol. The van der Waals surface area contributed by atoms with Gasteiger partial charge in [-0.05, 0) is 24.3 Å². The van der Waals surface area contributed by atoms with Gasteiger partial charge in [-0.15, -0.1) is 0 Å². The summed E-state index contributed by atoms with van der Waals surface area (Å²) in [4.78, 5) is 40.4. The summed E-state index contributed by atoms with van der Waals surface area (Å²) >= 11 is 0. The SMILES string of the molecule is CC(C)COC(=O)N1CCC(NC(=O)C2CC(=O)N(Cc3ccccc3)C2)CC1. The van der Waals surface area contributed by atoms with Crippen molar-refractivity contribution in [2.75, 3.05) is 26.2 Å². The van der Waals surface area contributed by atoms with Crippen LogP contribution in [0.15, 0.2) is 30.3 Å². The van der Waals surface area contributed by atoms with Crippen LogP contribution >= 0.6 is 0 Å². The van der Waals surface area contributed by atoms with Gasteiger partial charge in [0.1, 0.15) is 0 Å². The zero-order valence-electron chi connectivity index (χ0n) is 17.3. The minimum atomic E-state index is -0.305. The van der Waals surface area contributed by atoms with Gasteiger partial charge < -0.3 is 19.9 Å². The Morgan fingerprint density at radius 1 is 1.17 bits per heavy atom. The van der Waals surface area contributed by atoms with Crippen molar-refractivity contribution in [1.82, 2.24) is 15.1 Å². The molecule has 0 spiro atoms. The van der Waals surface area contributed by atoms with E-state index in [1.165, 1.54) is 0 Å². The van der Waals surface area contributed by atoms with Gasteiger partial charge in [-0.3, -0.25) is 9.59 Å². The lowest BCUT2D eigenvalue weighted by atomic mass is 10.0. The van der Waals surface area contributed by atoms with E-state index in [1.807, 2.05) is 44.2 Å². The molecule has 2 fully saturated rings. The summed E-state index contributed by atoms with van der Waals surface area (Å²) in [6.45, 7) is 6.58. The van der Waals surface area contributed by atoms with Gasteiger partial charge >= 0.3 is 6.09 Å². The second-order valence-electron chi connectivity index (χ2n) is 8.40. The molecule has 2 heterocycles.